The van der Waals surface area contributed by atoms with Gasteiger partial charge in [-0.1, -0.05) is 0 Å². The van der Waals surface area contributed by atoms with Gasteiger partial charge < -0.3 is 15.1 Å². The number of anilines is 2. The molecule has 0 saturated carbocycles. The van der Waals surface area contributed by atoms with Gasteiger partial charge in [0.1, 0.15) is 5.69 Å². The summed E-state index contributed by atoms with van der Waals surface area (Å²) in [5.74, 6) is -0.519. The van der Waals surface area contributed by atoms with Gasteiger partial charge in [-0.25, -0.2) is 13.6 Å². The van der Waals surface area contributed by atoms with Crippen LogP contribution in [0.5, 0.6) is 0 Å². The third kappa shape index (κ3) is 3.56. The number of nitrogens with zero attached hydrogens (tertiary/aromatic N) is 6. The highest BCUT2D eigenvalue weighted by molar-refractivity contribution is 5.96. The summed E-state index contributed by atoms with van der Waals surface area (Å²) in [4.78, 5) is 31.8. The fourth-order valence-corrected chi connectivity index (χ4v) is 3.75. The van der Waals surface area contributed by atoms with Gasteiger partial charge in [-0.15, -0.1) is 0 Å². The van der Waals surface area contributed by atoms with Gasteiger partial charge in [0, 0.05) is 24.8 Å². The monoisotopic (exact) mass is 415 g/mol. The lowest BCUT2D eigenvalue weighted by atomic mass is 10.1. The molecule has 0 aliphatic carbocycles. The Morgan fingerprint density at radius 3 is 2.90 bits per heavy atom. The molecule has 4 heterocycles. The Morgan fingerprint density at radius 2 is 2.20 bits per heavy atom. The maximum Gasteiger partial charge on any atom is 0.322 e. The molecule has 1 N–H and O–H groups in total. The van der Waals surface area contributed by atoms with Crippen LogP contribution in [0, 0.1) is 17.2 Å². The number of alkyl halides is 2. The molecule has 0 radical (unpaired) electrons. The summed E-state index contributed by atoms with van der Waals surface area (Å²) in [5, 5.41) is 16.1. The predicted octanol–water partition coefficient (Wildman–Crippen LogP) is 2.53. The standard InChI is InChI=1S/C19H19F2N7O2/c1-11-8-28-16(15(7-24-28)27-9-12(6-22)4-17(27)29)10-26(11)19(30)25-13-2-3-23-14(5-13)18(20)21/h2-3,5,7,11-12,18H,4,8-10H2,1H3,(H,23,25,30)/t11-,12?/m0/s1. The Kier molecular flexibility index (Phi) is 5.07. The van der Waals surface area contributed by atoms with E-state index >= 15 is 0 Å². The number of aromatic nitrogens is 3. The minimum Gasteiger partial charge on any atom is -0.314 e. The Labute approximate surface area is 170 Å². The third-order valence-corrected chi connectivity index (χ3v) is 5.33. The summed E-state index contributed by atoms with van der Waals surface area (Å²) in [6, 6.07) is 4.04. The van der Waals surface area contributed by atoms with Crippen LogP contribution in [0.2, 0.25) is 0 Å². The first kappa shape index (κ1) is 19.8. The van der Waals surface area contributed by atoms with E-state index in [1.54, 1.807) is 15.8 Å². The zero-order chi connectivity index (χ0) is 21.4. The van der Waals surface area contributed by atoms with Crippen LogP contribution < -0.4 is 10.2 Å². The zero-order valence-corrected chi connectivity index (χ0v) is 16.1. The van der Waals surface area contributed by atoms with Crippen molar-refractivity contribution in [3.05, 3.63) is 35.9 Å². The molecule has 0 aromatic carbocycles. The first-order chi connectivity index (χ1) is 14.4. The second kappa shape index (κ2) is 7.70. The van der Waals surface area contributed by atoms with E-state index in [1.165, 1.54) is 17.2 Å². The van der Waals surface area contributed by atoms with Gasteiger partial charge in [0.2, 0.25) is 5.91 Å². The largest absolute Gasteiger partial charge is 0.322 e. The first-order valence-electron chi connectivity index (χ1n) is 9.43. The number of amides is 3. The van der Waals surface area contributed by atoms with E-state index in [1.807, 2.05) is 6.92 Å². The molecule has 2 aromatic heterocycles. The number of hydrogen-bond acceptors (Lipinski definition) is 5. The number of halogens is 2. The van der Waals surface area contributed by atoms with E-state index in [0.29, 0.717) is 24.5 Å². The number of nitrogens with one attached hydrogen (secondary N) is 1. The Hall–Kier alpha value is -3.55. The van der Waals surface area contributed by atoms with Crippen molar-refractivity contribution in [2.24, 2.45) is 5.92 Å². The number of pyridine rings is 1. The molecular weight excluding hydrogens is 396 g/mol. The summed E-state index contributed by atoms with van der Waals surface area (Å²) in [7, 11) is 0. The molecule has 0 spiro atoms. The number of carbonyl (C=O) groups excluding carboxylic acids is 2. The molecule has 4 rings (SSSR count). The van der Waals surface area contributed by atoms with Crippen LogP contribution in [-0.4, -0.2) is 44.2 Å². The van der Waals surface area contributed by atoms with Crippen LogP contribution in [0.15, 0.2) is 24.5 Å². The van der Waals surface area contributed by atoms with Crippen LogP contribution >= 0.6 is 0 Å². The number of rotatable bonds is 3. The molecule has 9 nitrogen and oxygen atoms in total. The number of nitriles is 1. The number of hydrogen-bond donors (Lipinski definition) is 1. The molecular formula is C19H19F2N7O2. The lowest BCUT2D eigenvalue weighted by Crippen LogP contribution is -2.47. The van der Waals surface area contributed by atoms with Crippen molar-refractivity contribution in [1.29, 1.82) is 5.26 Å². The number of fused-ring (bicyclic) bond motifs is 1. The Balaban J connectivity index is 1.54. The van der Waals surface area contributed by atoms with Gasteiger partial charge in [-0.2, -0.15) is 10.4 Å². The van der Waals surface area contributed by atoms with Gasteiger partial charge in [-0.05, 0) is 19.1 Å². The van der Waals surface area contributed by atoms with Gasteiger partial charge in [0.25, 0.3) is 6.43 Å². The molecule has 2 aliphatic rings. The van der Waals surface area contributed by atoms with Crippen LogP contribution in [0.3, 0.4) is 0 Å². The molecule has 2 aromatic rings. The van der Waals surface area contributed by atoms with Crippen molar-refractivity contribution in [2.45, 2.75) is 38.9 Å². The lowest BCUT2D eigenvalue weighted by molar-refractivity contribution is -0.117. The van der Waals surface area contributed by atoms with Crippen molar-refractivity contribution in [3.8, 4) is 6.07 Å². The predicted molar refractivity (Wildman–Crippen MR) is 102 cm³/mol. The van der Waals surface area contributed by atoms with E-state index < -0.39 is 18.2 Å². The van der Waals surface area contributed by atoms with Crippen molar-refractivity contribution < 1.29 is 18.4 Å². The molecule has 30 heavy (non-hydrogen) atoms. The van der Waals surface area contributed by atoms with Crippen molar-refractivity contribution in [1.82, 2.24) is 19.7 Å². The fraction of sp³-hybridized carbons (Fsp3) is 0.421. The number of carbonyl (C=O) groups is 2. The highest BCUT2D eigenvalue weighted by Crippen LogP contribution is 2.31. The van der Waals surface area contributed by atoms with Crippen molar-refractivity contribution in [2.75, 3.05) is 16.8 Å². The third-order valence-electron chi connectivity index (χ3n) is 5.33. The van der Waals surface area contributed by atoms with E-state index in [0.717, 1.165) is 6.07 Å². The highest BCUT2D eigenvalue weighted by Gasteiger charge is 2.36. The van der Waals surface area contributed by atoms with Crippen LogP contribution in [0.4, 0.5) is 25.0 Å². The molecule has 3 amide bonds. The minimum absolute atomic E-state index is 0.150. The molecule has 156 valence electrons. The van der Waals surface area contributed by atoms with Gasteiger partial charge >= 0.3 is 6.03 Å². The van der Waals surface area contributed by atoms with E-state index in [-0.39, 0.29) is 36.5 Å². The topological polar surface area (TPSA) is 107 Å². The summed E-state index contributed by atoms with van der Waals surface area (Å²) >= 11 is 0. The maximum atomic E-state index is 12.9. The maximum absolute atomic E-state index is 12.9. The van der Waals surface area contributed by atoms with Crippen LogP contribution in [0.1, 0.15) is 31.2 Å². The normalized spacial score (nSPS) is 21.0. The zero-order valence-electron chi connectivity index (χ0n) is 16.1. The van der Waals surface area contributed by atoms with E-state index in [2.05, 4.69) is 21.5 Å². The number of urea groups is 1. The average molecular weight is 415 g/mol. The van der Waals surface area contributed by atoms with Gasteiger partial charge in [0.15, 0.2) is 0 Å². The molecule has 2 aliphatic heterocycles. The smallest absolute Gasteiger partial charge is 0.314 e. The van der Waals surface area contributed by atoms with Crippen molar-refractivity contribution in [3.63, 3.8) is 0 Å². The molecule has 11 heteroatoms. The fourth-order valence-electron chi connectivity index (χ4n) is 3.75. The van der Waals surface area contributed by atoms with Gasteiger partial charge in [-0.3, -0.25) is 14.5 Å². The summed E-state index contributed by atoms with van der Waals surface area (Å²) < 4.78 is 27.5. The molecule has 0 bridgehead atoms. The first-order valence-corrected chi connectivity index (χ1v) is 9.43. The second-order valence-corrected chi connectivity index (χ2v) is 7.37. The summed E-state index contributed by atoms with van der Waals surface area (Å²) in [6.45, 7) is 2.76. The average Bonchev–Trinajstić information content (AvgIpc) is 3.29. The lowest BCUT2D eigenvalue weighted by Gasteiger charge is -2.35. The van der Waals surface area contributed by atoms with Crippen LogP contribution in [-0.2, 0) is 17.9 Å². The quantitative estimate of drug-likeness (QED) is 0.829. The Bertz CT molecular complexity index is 1030. The highest BCUT2D eigenvalue weighted by atomic mass is 19.3. The van der Waals surface area contributed by atoms with Gasteiger partial charge in [0.05, 0.1) is 48.7 Å². The van der Waals surface area contributed by atoms with Crippen molar-refractivity contribution >= 4 is 23.3 Å². The second-order valence-electron chi connectivity index (χ2n) is 7.37. The Morgan fingerprint density at radius 1 is 1.40 bits per heavy atom. The summed E-state index contributed by atoms with van der Waals surface area (Å²) in [5.41, 5.74) is 1.09. The minimum atomic E-state index is -2.73. The van der Waals surface area contributed by atoms with E-state index in [4.69, 9.17) is 5.26 Å². The van der Waals surface area contributed by atoms with Crippen LogP contribution in [0.25, 0.3) is 0 Å². The SMILES string of the molecule is C[C@H]1Cn2ncc(N3CC(C#N)CC3=O)c2CN1C(=O)Nc1ccnc(C(F)F)c1. The van der Waals surface area contributed by atoms with E-state index in [9.17, 15) is 18.4 Å². The molecule has 1 fully saturated rings. The summed E-state index contributed by atoms with van der Waals surface area (Å²) in [6.07, 6.45) is 0.229. The molecule has 1 unspecified atom stereocenters. The molecule has 1 saturated heterocycles. The molecule has 2 atom stereocenters.